The van der Waals surface area contributed by atoms with Crippen molar-refractivity contribution in [2.24, 2.45) is 0 Å². The van der Waals surface area contributed by atoms with E-state index in [1.165, 1.54) is 16.8 Å². The molecule has 1 heteroatoms. The van der Waals surface area contributed by atoms with E-state index in [9.17, 15) is 0 Å². The van der Waals surface area contributed by atoms with Gasteiger partial charge in [-0.1, -0.05) is 60.2 Å². The van der Waals surface area contributed by atoms with Gasteiger partial charge in [-0.3, -0.25) is 0 Å². The first-order chi connectivity index (χ1) is 9.81. The molecule has 1 nitrogen and oxygen atoms in total. The van der Waals surface area contributed by atoms with E-state index >= 15 is 0 Å². The van der Waals surface area contributed by atoms with Gasteiger partial charge in [0.15, 0.2) is 0 Å². The summed E-state index contributed by atoms with van der Waals surface area (Å²) in [5, 5.41) is 3.44. The van der Waals surface area contributed by atoms with Gasteiger partial charge in [0, 0.05) is 17.3 Å². The third kappa shape index (κ3) is 3.00. The van der Waals surface area contributed by atoms with Gasteiger partial charge in [0.05, 0.1) is 0 Å². The van der Waals surface area contributed by atoms with Gasteiger partial charge in [0.2, 0.25) is 0 Å². The van der Waals surface area contributed by atoms with Gasteiger partial charge in [-0.15, -0.1) is 0 Å². The third-order valence-corrected chi connectivity index (χ3v) is 3.67. The van der Waals surface area contributed by atoms with Gasteiger partial charge in [0.1, 0.15) is 0 Å². The fourth-order valence-corrected chi connectivity index (χ4v) is 2.46. The summed E-state index contributed by atoms with van der Waals surface area (Å²) in [6, 6.07) is 19.1. The molecule has 0 amide bonds. The Morgan fingerprint density at radius 2 is 1.70 bits per heavy atom. The molecule has 2 aromatic carbocycles. The molecule has 1 unspecified atom stereocenters. The van der Waals surface area contributed by atoms with Crippen LogP contribution in [0.1, 0.15) is 23.5 Å². The maximum atomic E-state index is 3.44. The second-order valence-electron chi connectivity index (χ2n) is 5.26. The summed E-state index contributed by atoms with van der Waals surface area (Å²) < 4.78 is 0. The predicted octanol–water partition coefficient (Wildman–Crippen LogP) is 5.03. The molecule has 0 bridgehead atoms. The van der Waals surface area contributed by atoms with Crippen molar-refractivity contribution in [3.8, 4) is 0 Å². The summed E-state index contributed by atoms with van der Waals surface area (Å²) >= 11 is 0. The molecule has 2 aromatic rings. The maximum Gasteiger partial charge on any atom is 0.0384 e. The van der Waals surface area contributed by atoms with Crippen molar-refractivity contribution in [1.82, 2.24) is 0 Å². The van der Waals surface area contributed by atoms with Crippen molar-refractivity contribution in [2.45, 2.75) is 19.3 Å². The van der Waals surface area contributed by atoms with E-state index in [1.54, 1.807) is 0 Å². The molecule has 1 N–H and O–H groups in total. The molecule has 1 aliphatic rings. The van der Waals surface area contributed by atoms with Crippen LogP contribution in [0.25, 0.3) is 0 Å². The molecule has 0 aromatic heterocycles. The van der Waals surface area contributed by atoms with Crippen molar-refractivity contribution in [3.05, 3.63) is 89.6 Å². The number of rotatable bonds is 3. The van der Waals surface area contributed by atoms with Gasteiger partial charge in [-0.05, 0) is 37.1 Å². The number of aryl methyl sites for hydroxylation is 1. The molecule has 0 fully saturated rings. The van der Waals surface area contributed by atoms with Crippen LogP contribution in [-0.2, 0) is 0 Å². The highest BCUT2D eigenvalue weighted by molar-refractivity contribution is 5.51. The van der Waals surface area contributed by atoms with E-state index < -0.39 is 0 Å². The van der Waals surface area contributed by atoms with Crippen LogP contribution in [0.15, 0.2) is 78.5 Å². The monoisotopic (exact) mass is 261 g/mol. The van der Waals surface area contributed by atoms with Gasteiger partial charge < -0.3 is 5.32 Å². The van der Waals surface area contributed by atoms with Crippen LogP contribution >= 0.6 is 0 Å². The Morgan fingerprint density at radius 1 is 0.950 bits per heavy atom. The van der Waals surface area contributed by atoms with Crippen molar-refractivity contribution in [2.75, 3.05) is 5.32 Å². The molecular weight excluding hydrogens is 242 g/mol. The zero-order valence-corrected chi connectivity index (χ0v) is 11.7. The largest absolute Gasteiger partial charge is 0.356 e. The molecule has 20 heavy (non-hydrogen) atoms. The molecule has 0 saturated heterocycles. The first kappa shape index (κ1) is 12.7. The topological polar surface area (TPSA) is 12.0 Å². The highest BCUT2D eigenvalue weighted by Gasteiger charge is 2.10. The van der Waals surface area contributed by atoms with Crippen LogP contribution in [0.3, 0.4) is 0 Å². The molecular formula is C19H19N. The highest BCUT2D eigenvalue weighted by atomic mass is 14.9. The average Bonchev–Trinajstić information content (AvgIpc) is 2.50. The van der Waals surface area contributed by atoms with E-state index in [1.807, 2.05) is 18.2 Å². The number of para-hydroxylation sites is 1. The number of nitrogens with one attached hydrogen (secondary N) is 1. The SMILES string of the molecule is Cc1ccc(C2C=CC(Nc3ccccc3)=CC2)cc1. The number of anilines is 1. The fraction of sp³-hybridized carbons (Fsp3) is 0.158. The molecule has 3 rings (SSSR count). The molecule has 1 atom stereocenters. The molecule has 0 heterocycles. The van der Waals surface area contributed by atoms with Gasteiger partial charge in [0.25, 0.3) is 0 Å². The van der Waals surface area contributed by atoms with Crippen LogP contribution in [0.2, 0.25) is 0 Å². The Labute approximate surface area is 120 Å². The van der Waals surface area contributed by atoms with Crippen molar-refractivity contribution in [1.29, 1.82) is 0 Å². The Morgan fingerprint density at radius 3 is 2.35 bits per heavy atom. The van der Waals surface area contributed by atoms with Crippen LogP contribution in [0.5, 0.6) is 0 Å². The third-order valence-electron chi connectivity index (χ3n) is 3.67. The minimum Gasteiger partial charge on any atom is -0.356 e. The van der Waals surface area contributed by atoms with Gasteiger partial charge >= 0.3 is 0 Å². The second-order valence-corrected chi connectivity index (χ2v) is 5.26. The smallest absolute Gasteiger partial charge is 0.0384 e. The number of benzene rings is 2. The van der Waals surface area contributed by atoms with Gasteiger partial charge in [-0.2, -0.15) is 0 Å². The summed E-state index contributed by atoms with van der Waals surface area (Å²) in [6.07, 6.45) is 7.79. The summed E-state index contributed by atoms with van der Waals surface area (Å²) in [5.74, 6) is 0.497. The Bertz CT molecular complexity index is 621. The number of allylic oxidation sites excluding steroid dienone is 3. The summed E-state index contributed by atoms with van der Waals surface area (Å²) in [7, 11) is 0. The quantitative estimate of drug-likeness (QED) is 0.816. The van der Waals surface area contributed by atoms with E-state index in [0.29, 0.717) is 5.92 Å². The summed E-state index contributed by atoms with van der Waals surface area (Å²) in [5.41, 5.74) is 5.02. The van der Waals surface area contributed by atoms with E-state index in [-0.39, 0.29) is 0 Å². The lowest BCUT2D eigenvalue weighted by atomic mass is 9.91. The Kier molecular flexibility index (Phi) is 3.69. The lowest BCUT2D eigenvalue weighted by Crippen LogP contribution is -2.04. The van der Waals surface area contributed by atoms with Crippen LogP contribution in [0, 0.1) is 6.92 Å². The van der Waals surface area contributed by atoms with E-state index in [2.05, 4.69) is 66.9 Å². The lowest BCUT2D eigenvalue weighted by molar-refractivity contribution is 0.845. The molecule has 0 aliphatic heterocycles. The van der Waals surface area contributed by atoms with Crippen LogP contribution < -0.4 is 5.32 Å². The lowest BCUT2D eigenvalue weighted by Gasteiger charge is -2.18. The Hall–Kier alpha value is -2.28. The average molecular weight is 261 g/mol. The minimum absolute atomic E-state index is 0.497. The van der Waals surface area contributed by atoms with E-state index in [4.69, 9.17) is 0 Å². The van der Waals surface area contributed by atoms with Gasteiger partial charge in [-0.25, -0.2) is 0 Å². The number of hydrogen-bond acceptors (Lipinski definition) is 1. The first-order valence-electron chi connectivity index (χ1n) is 7.08. The molecule has 1 aliphatic carbocycles. The van der Waals surface area contributed by atoms with Crippen molar-refractivity contribution < 1.29 is 0 Å². The predicted molar refractivity (Wildman–Crippen MR) is 85.8 cm³/mol. The maximum absolute atomic E-state index is 3.44. The zero-order valence-electron chi connectivity index (χ0n) is 11.7. The zero-order chi connectivity index (χ0) is 13.8. The van der Waals surface area contributed by atoms with E-state index in [0.717, 1.165) is 12.1 Å². The summed E-state index contributed by atoms with van der Waals surface area (Å²) in [6.45, 7) is 2.13. The number of hydrogen-bond donors (Lipinski definition) is 1. The van der Waals surface area contributed by atoms with Crippen molar-refractivity contribution in [3.63, 3.8) is 0 Å². The first-order valence-corrected chi connectivity index (χ1v) is 7.08. The molecule has 0 saturated carbocycles. The molecule has 0 radical (unpaired) electrons. The minimum atomic E-state index is 0.497. The Balaban J connectivity index is 1.67. The molecule has 0 spiro atoms. The van der Waals surface area contributed by atoms with Crippen LogP contribution in [0.4, 0.5) is 5.69 Å². The fourth-order valence-electron chi connectivity index (χ4n) is 2.46. The second kappa shape index (κ2) is 5.79. The highest BCUT2D eigenvalue weighted by Crippen LogP contribution is 2.27. The summed E-state index contributed by atoms with van der Waals surface area (Å²) in [4.78, 5) is 0. The van der Waals surface area contributed by atoms with Crippen molar-refractivity contribution >= 4 is 5.69 Å². The van der Waals surface area contributed by atoms with Crippen LogP contribution in [-0.4, -0.2) is 0 Å². The standard InChI is InChI=1S/C19H19N/c1-15-7-9-16(10-8-15)17-11-13-19(14-12-17)20-18-5-3-2-4-6-18/h2-11,13-14,17,20H,12H2,1H3. The normalized spacial score (nSPS) is 17.6. The molecule has 100 valence electrons.